The zero-order valence-electron chi connectivity index (χ0n) is 12.4. The molecule has 6 heteroatoms. The van der Waals surface area contributed by atoms with Crippen molar-refractivity contribution in [2.75, 3.05) is 24.6 Å². The summed E-state index contributed by atoms with van der Waals surface area (Å²) in [6, 6.07) is 4.28. The van der Waals surface area contributed by atoms with E-state index in [1.807, 2.05) is 0 Å². The summed E-state index contributed by atoms with van der Waals surface area (Å²) in [6.45, 7) is 4.57. The van der Waals surface area contributed by atoms with Crippen molar-refractivity contribution in [3.05, 3.63) is 39.7 Å². The lowest BCUT2D eigenvalue weighted by atomic mass is 10.1. The van der Waals surface area contributed by atoms with Gasteiger partial charge in [-0.05, 0) is 33.8 Å². The molecule has 0 aliphatic carbocycles. The summed E-state index contributed by atoms with van der Waals surface area (Å²) in [7, 11) is 0. The van der Waals surface area contributed by atoms with Crippen molar-refractivity contribution in [3.8, 4) is 0 Å². The van der Waals surface area contributed by atoms with Gasteiger partial charge in [0.05, 0.1) is 12.0 Å². The Kier molecular flexibility index (Phi) is 3.82. The topological polar surface area (TPSA) is 38.2 Å². The van der Waals surface area contributed by atoms with Gasteiger partial charge in [-0.3, -0.25) is 0 Å². The molecule has 1 saturated heterocycles. The monoisotopic (exact) mass is 331 g/mol. The first-order valence-electron chi connectivity index (χ1n) is 7.48. The maximum absolute atomic E-state index is 5.95. The first kappa shape index (κ1) is 14.1. The number of aryl methyl sites for hydroxylation is 1. The molecule has 0 amide bonds. The van der Waals surface area contributed by atoms with Crippen molar-refractivity contribution in [2.24, 2.45) is 0 Å². The molecule has 4 heterocycles. The number of anilines is 1. The molecule has 114 valence electrons. The zero-order valence-corrected chi connectivity index (χ0v) is 14.0. The Balaban J connectivity index is 1.70. The Labute approximate surface area is 137 Å². The summed E-state index contributed by atoms with van der Waals surface area (Å²) in [5.41, 5.74) is 1.26. The molecule has 3 aromatic heterocycles. The quantitative estimate of drug-likeness (QED) is 0.730. The van der Waals surface area contributed by atoms with Gasteiger partial charge in [0, 0.05) is 19.5 Å². The van der Waals surface area contributed by atoms with Crippen molar-refractivity contribution in [2.45, 2.75) is 19.4 Å². The van der Waals surface area contributed by atoms with E-state index in [-0.39, 0.29) is 6.10 Å². The normalized spacial score (nSPS) is 19.0. The van der Waals surface area contributed by atoms with Gasteiger partial charge in [0.1, 0.15) is 22.6 Å². The molecule has 4 nitrogen and oxygen atoms in total. The first-order valence-corrected chi connectivity index (χ1v) is 9.30. The third-order valence-corrected chi connectivity index (χ3v) is 5.46. The summed E-state index contributed by atoms with van der Waals surface area (Å²) in [5, 5.41) is 7.53. The lowest BCUT2D eigenvalue weighted by molar-refractivity contribution is 0.0399. The third kappa shape index (κ3) is 2.51. The van der Waals surface area contributed by atoms with Crippen molar-refractivity contribution < 1.29 is 4.74 Å². The number of ether oxygens (including phenoxy) is 1. The average molecular weight is 331 g/mol. The highest BCUT2D eigenvalue weighted by Crippen LogP contribution is 2.32. The van der Waals surface area contributed by atoms with Gasteiger partial charge in [0.2, 0.25) is 0 Å². The fourth-order valence-corrected chi connectivity index (χ4v) is 4.26. The molecule has 0 radical (unpaired) electrons. The average Bonchev–Trinajstić information content (AvgIpc) is 3.25. The second-order valence-corrected chi connectivity index (χ2v) is 6.99. The maximum atomic E-state index is 5.95. The number of hydrogen-bond donors (Lipinski definition) is 0. The third-order valence-electron chi connectivity index (χ3n) is 3.95. The number of nitrogens with zero attached hydrogens (tertiary/aromatic N) is 3. The van der Waals surface area contributed by atoms with E-state index in [1.165, 1.54) is 5.56 Å². The van der Waals surface area contributed by atoms with Gasteiger partial charge in [0.25, 0.3) is 0 Å². The van der Waals surface area contributed by atoms with Gasteiger partial charge in [-0.25, -0.2) is 9.97 Å². The van der Waals surface area contributed by atoms with E-state index in [1.54, 1.807) is 22.7 Å². The Morgan fingerprint density at radius 2 is 2.27 bits per heavy atom. The van der Waals surface area contributed by atoms with Crippen LogP contribution in [0.3, 0.4) is 0 Å². The largest absolute Gasteiger partial charge is 0.370 e. The Morgan fingerprint density at radius 1 is 1.32 bits per heavy atom. The molecule has 0 saturated carbocycles. The molecule has 3 aromatic rings. The van der Waals surface area contributed by atoms with Crippen LogP contribution in [-0.2, 0) is 11.2 Å². The number of rotatable bonds is 3. The van der Waals surface area contributed by atoms with E-state index < -0.39 is 0 Å². The molecule has 1 aliphatic rings. The van der Waals surface area contributed by atoms with Crippen LogP contribution in [0, 0.1) is 0 Å². The van der Waals surface area contributed by atoms with Crippen molar-refractivity contribution in [1.29, 1.82) is 0 Å². The predicted molar refractivity (Wildman–Crippen MR) is 92.0 cm³/mol. The van der Waals surface area contributed by atoms with E-state index in [4.69, 9.17) is 9.72 Å². The molecule has 0 spiro atoms. The standard InChI is InChI=1S/C16H17N3OS2/c1-2-14-17-15(12-4-8-22-16(12)18-14)19-5-6-20-13(9-19)11-3-7-21-10-11/h3-4,7-8,10,13H,2,5-6,9H2,1H3. The van der Waals surface area contributed by atoms with Gasteiger partial charge in [-0.15, -0.1) is 11.3 Å². The highest BCUT2D eigenvalue weighted by Gasteiger charge is 2.25. The van der Waals surface area contributed by atoms with Crippen LogP contribution in [0.15, 0.2) is 28.3 Å². The fraction of sp³-hybridized carbons (Fsp3) is 0.375. The molecule has 1 aliphatic heterocycles. The Bertz CT molecular complexity index is 769. The van der Waals surface area contributed by atoms with Gasteiger partial charge in [0.15, 0.2) is 0 Å². The SMILES string of the molecule is CCc1nc(N2CCOC(c3ccsc3)C2)c2ccsc2n1. The minimum Gasteiger partial charge on any atom is -0.370 e. The van der Waals surface area contributed by atoms with E-state index in [0.717, 1.165) is 48.0 Å². The minimum atomic E-state index is 0.133. The molecular weight excluding hydrogens is 314 g/mol. The first-order chi connectivity index (χ1) is 10.8. The van der Waals surface area contributed by atoms with Crippen LogP contribution in [0.1, 0.15) is 24.4 Å². The van der Waals surface area contributed by atoms with Crippen LogP contribution in [0.2, 0.25) is 0 Å². The molecule has 0 bridgehead atoms. The van der Waals surface area contributed by atoms with Crippen molar-refractivity contribution in [1.82, 2.24) is 9.97 Å². The van der Waals surface area contributed by atoms with Crippen LogP contribution >= 0.6 is 22.7 Å². The molecule has 0 aromatic carbocycles. The van der Waals surface area contributed by atoms with Gasteiger partial charge in [-0.2, -0.15) is 11.3 Å². The summed E-state index contributed by atoms with van der Waals surface area (Å²) in [5.74, 6) is 1.98. The maximum Gasteiger partial charge on any atom is 0.141 e. The van der Waals surface area contributed by atoms with Crippen LogP contribution in [0.25, 0.3) is 10.2 Å². The van der Waals surface area contributed by atoms with Gasteiger partial charge >= 0.3 is 0 Å². The highest BCUT2D eigenvalue weighted by atomic mass is 32.1. The summed E-state index contributed by atoms with van der Waals surface area (Å²) in [4.78, 5) is 12.9. The lowest BCUT2D eigenvalue weighted by Gasteiger charge is -2.34. The van der Waals surface area contributed by atoms with E-state index in [9.17, 15) is 0 Å². The number of hydrogen-bond acceptors (Lipinski definition) is 6. The van der Waals surface area contributed by atoms with Crippen LogP contribution in [0.5, 0.6) is 0 Å². The molecule has 1 fully saturated rings. The van der Waals surface area contributed by atoms with E-state index in [2.05, 4.69) is 45.1 Å². The molecular formula is C16H17N3OS2. The van der Waals surface area contributed by atoms with Gasteiger partial charge < -0.3 is 9.64 Å². The summed E-state index contributed by atoms with van der Waals surface area (Å²) < 4.78 is 5.95. The summed E-state index contributed by atoms with van der Waals surface area (Å²) in [6.07, 6.45) is 0.993. The molecule has 4 rings (SSSR count). The second-order valence-electron chi connectivity index (χ2n) is 5.32. The molecule has 0 N–H and O–H groups in total. The predicted octanol–water partition coefficient (Wildman–Crippen LogP) is 3.89. The highest BCUT2D eigenvalue weighted by molar-refractivity contribution is 7.16. The fourth-order valence-electron chi connectivity index (χ4n) is 2.78. The zero-order chi connectivity index (χ0) is 14.9. The Morgan fingerprint density at radius 3 is 3.09 bits per heavy atom. The second kappa shape index (κ2) is 5.95. The molecule has 22 heavy (non-hydrogen) atoms. The Hall–Kier alpha value is -1.50. The number of morpholine rings is 1. The molecule has 1 unspecified atom stereocenters. The van der Waals surface area contributed by atoms with Crippen LogP contribution < -0.4 is 4.90 Å². The van der Waals surface area contributed by atoms with Crippen LogP contribution in [-0.4, -0.2) is 29.7 Å². The van der Waals surface area contributed by atoms with E-state index in [0.29, 0.717) is 0 Å². The van der Waals surface area contributed by atoms with E-state index >= 15 is 0 Å². The molecule has 1 atom stereocenters. The minimum absolute atomic E-state index is 0.133. The number of aromatic nitrogens is 2. The van der Waals surface area contributed by atoms with Crippen molar-refractivity contribution in [3.63, 3.8) is 0 Å². The number of thiophene rings is 2. The van der Waals surface area contributed by atoms with Gasteiger partial charge in [-0.1, -0.05) is 6.92 Å². The van der Waals surface area contributed by atoms with Crippen molar-refractivity contribution >= 4 is 38.7 Å². The summed E-state index contributed by atoms with van der Waals surface area (Å²) >= 11 is 3.40. The number of fused-ring (bicyclic) bond motifs is 1. The van der Waals surface area contributed by atoms with Crippen LogP contribution in [0.4, 0.5) is 5.82 Å². The lowest BCUT2D eigenvalue weighted by Crippen LogP contribution is -2.39. The smallest absolute Gasteiger partial charge is 0.141 e.